The van der Waals surface area contributed by atoms with Crippen molar-refractivity contribution in [2.24, 2.45) is 0 Å². The van der Waals surface area contributed by atoms with Crippen LogP contribution < -0.4 is 10.0 Å². The van der Waals surface area contributed by atoms with Gasteiger partial charge < -0.3 is 9.84 Å². The SMILES string of the molecule is CCCNCCCCS(=O)(=O)NCCc1nc(C)no1. The summed E-state index contributed by atoms with van der Waals surface area (Å²) in [7, 11) is -3.21. The van der Waals surface area contributed by atoms with Gasteiger partial charge in [0, 0.05) is 13.0 Å². The lowest BCUT2D eigenvalue weighted by Crippen LogP contribution is -2.29. The van der Waals surface area contributed by atoms with Gasteiger partial charge in [0.15, 0.2) is 5.82 Å². The fourth-order valence-electron chi connectivity index (χ4n) is 1.67. The van der Waals surface area contributed by atoms with Crippen LogP contribution in [0.15, 0.2) is 4.52 Å². The largest absolute Gasteiger partial charge is 0.339 e. The summed E-state index contributed by atoms with van der Waals surface area (Å²) in [4.78, 5) is 4.01. The van der Waals surface area contributed by atoms with Gasteiger partial charge in [-0.15, -0.1) is 0 Å². The van der Waals surface area contributed by atoms with Crippen molar-refractivity contribution in [1.29, 1.82) is 0 Å². The van der Waals surface area contributed by atoms with Gasteiger partial charge in [0.1, 0.15) is 0 Å². The van der Waals surface area contributed by atoms with Crippen LogP contribution in [0.25, 0.3) is 0 Å². The van der Waals surface area contributed by atoms with Gasteiger partial charge in [-0.3, -0.25) is 0 Å². The van der Waals surface area contributed by atoms with Gasteiger partial charge in [-0.25, -0.2) is 13.1 Å². The molecule has 0 aromatic carbocycles. The van der Waals surface area contributed by atoms with Crippen LogP contribution in [0, 0.1) is 6.92 Å². The minimum Gasteiger partial charge on any atom is -0.339 e. The lowest BCUT2D eigenvalue weighted by Gasteiger charge is -2.06. The second-order valence-corrected chi connectivity index (χ2v) is 6.58. The highest BCUT2D eigenvalue weighted by molar-refractivity contribution is 7.89. The fraction of sp³-hybridized carbons (Fsp3) is 0.833. The monoisotopic (exact) mass is 304 g/mol. The van der Waals surface area contributed by atoms with E-state index >= 15 is 0 Å². The summed E-state index contributed by atoms with van der Waals surface area (Å²) < 4.78 is 30.9. The molecule has 0 bridgehead atoms. The molecular weight excluding hydrogens is 280 g/mol. The van der Waals surface area contributed by atoms with E-state index in [1.807, 2.05) is 0 Å². The minimum absolute atomic E-state index is 0.156. The Morgan fingerprint density at radius 2 is 2.00 bits per heavy atom. The quantitative estimate of drug-likeness (QED) is 0.582. The van der Waals surface area contributed by atoms with Crippen molar-refractivity contribution in [3.63, 3.8) is 0 Å². The molecule has 1 aromatic heterocycles. The number of hydrogen-bond donors (Lipinski definition) is 2. The van der Waals surface area contributed by atoms with Crippen molar-refractivity contribution >= 4 is 10.0 Å². The van der Waals surface area contributed by atoms with Crippen molar-refractivity contribution in [2.45, 2.75) is 39.5 Å². The molecule has 0 radical (unpaired) electrons. The number of nitrogens with zero attached hydrogens (tertiary/aromatic N) is 2. The highest BCUT2D eigenvalue weighted by atomic mass is 32.2. The third-order valence-corrected chi connectivity index (χ3v) is 4.14. The van der Waals surface area contributed by atoms with Gasteiger partial charge >= 0.3 is 0 Å². The van der Waals surface area contributed by atoms with Gasteiger partial charge in [-0.2, -0.15) is 4.98 Å². The van der Waals surface area contributed by atoms with Crippen LogP contribution in [0.5, 0.6) is 0 Å². The molecule has 7 nitrogen and oxygen atoms in total. The van der Waals surface area contributed by atoms with E-state index in [1.54, 1.807) is 6.92 Å². The van der Waals surface area contributed by atoms with E-state index in [4.69, 9.17) is 4.52 Å². The van der Waals surface area contributed by atoms with Crippen LogP contribution in [0.4, 0.5) is 0 Å². The molecule has 2 N–H and O–H groups in total. The normalized spacial score (nSPS) is 11.9. The summed E-state index contributed by atoms with van der Waals surface area (Å²) >= 11 is 0. The van der Waals surface area contributed by atoms with Crippen LogP contribution in [-0.2, 0) is 16.4 Å². The van der Waals surface area contributed by atoms with Crippen LogP contribution in [-0.4, -0.2) is 43.9 Å². The maximum atomic E-state index is 11.7. The molecule has 0 fully saturated rings. The van der Waals surface area contributed by atoms with Gasteiger partial charge in [0.05, 0.1) is 5.75 Å². The maximum absolute atomic E-state index is 11.7. The van der Waals surface area contributed by atoms with Crippen molar-refractivity contribution in [1.82, 2.24) is 20.2 Å². The van der Waals surface area contributed by atoms with Crippen LogP contribution >= 0.6 is 0 Å². The third-order valence-electron chi connectivity index (χ3n) is 2.67. The highest BCUT2D eigenvalue weighted by Gasteiger charge is 2.10. The summed E-state index contributed by atoms with van der Waals surface area (Å²) in [6.07, 6.45) is 3.03. The summed E-state index contributed by atoms with van der Waals surface area (Å²) in [5, 5.41) is 6.89. The summed E-state index contributed by atoms with van der Waals surface area (Å²) in [5.41, 5.74) is 0. The topological polar surface area (TPSA) is 97.1 Å². The average molecular weight is 304 g/mol. The standard InChI is InChI=1S/C12H24N4O3S/c1-3-7-13-8-4-5-10-20(17,18)14-9-6-12-15-11(2)16-19-12/h13-14H,3-10H2,1-2H3. The number of unbranched alkanes of at least 4 members (excludes halogenated alkanes) is 1. The number of rotatable bonds is 11. The zero-order valence-corrected chi connectivity index (χ0v) is 13.0. The van der Waals surface area contributed by atoms with Crippen molar-refractivity contribution in [3.8, 4) is 0 Å². The zero-order chi connectivity index (χ0) is 14.8. The Hall–Kier alpha value is -0.990. The van der Waals surface area contributed by atoms with Crippen molar-refractivity contribution < 1.29 is 12.9 Å². The molecule has 1 aromatic rings. The number of nitrogens with one attached hydrogen (secondary N) is 2. The minimum atomic E-state index is -3.21. The molecule has 0 saturated heterocycles. The third kappa shape index (κ3) is 7.56. The Bertz CT molecular complexity index is 473. The van der Waals surface area contributed by atoms with Crippen molar-refractivity contribution in [2.75, 3.05) is 25.4 Å². The molecule has 0 aliphatic carbocycles. The van der Waals surface area contributed by atoms with Crippen LogP contribution in [0.2, 0.25) is 0 Å². The van der Waals surface area contributed by atoms with E-state index in [-0.39, 0.29) is 12.3 Å². The van der Waals surface area contributed by atoms with Crippen LogP contribution in [0.1, 0.15) is 37.9 Å². The second kappa shape index (κ2) is 9.04. The lowest BCUT2D eigenvalue weighted by molar-refractivity contribution is 0.375. The molecule has 8 heteroatoms. The molecule has 0 atom stereocenters. The average Bonchev–Trinajstić information content (AvgIpc) is 2.79. The van der Waals surface area contributed by atoms with E-state index in [1.165, 1.54) is 0 Å². The van der Waals surface area contributed by atoms with Gasteiger partial charge in [0.2, 0.25) is 15.9 Å². The fourth-order valence-corrected chi connectivity index (χ4v) is 2.81. The molecule has 0 amide bonds. The Morgan fingerprint density at radius 3 is 2.65 bits per heavy atom. The van der Waals surface area contributed by atoms with Crippen molar-refractivity contribution in [3.05, 3.63) is 11.7 Å². The second-order valence-electron chi connectivity index (χ2n) is 4.66. The first-order valence-corrected chi connectivity index (χ1v) is 8.66. The van der Waals surface area contributed by atoms with E-state index in [9.17, 15) is 8.42 Å². The Kier molecular flexibility index (Phi) is 7.71. The summed E-state index contributed by atoms with van der Waals surface area (Å²) in [5.74, 6) is 1.17. The van der Waals surface area contributed by atoms with E-state index < -0.39 is 10.0 Å². The predicted molar refractivity (Wildman–Crippen MR) is 76.9 cm³/mol. The lowest BCUT2D eigenvalue weighted by atomic mass is 10.3. The number of sulfonamides is 1. The Balaban J connectivity index is 2.11. The van der Waals surface area contributed by atoms with E-state index in [2.05, 4.69) is 27.1 Å². The van der Waals surface area contributed by atoms with Gasteiger partial charge in [0.25, 0.3) is 0 Å². The van der Waals surface area contributed by atoms with E-state index in [0.717, 1.165) is 25.9 Å². The highest BCUT2D eigenvalue weighted by Crippen LogP contribution is 1.98. The maximum Gasteiger partial charge on any atom is 0.227 e. The van der Waals surface area contributed by atoms with E-state index in [0.29, 0.717) is 24.6 Å². The molecule has 116 valence electrons. The number of hydrogen-bond acceptors (Lipinski definition) is 6. The molecular formula is C12H24N4O3S. The molecule has 20 heavy (non-hydrogen) atoms. The first kappa shape index (κ1) is 17.1. The summed E-state index contributed by atoms with van der Waals surface area (Å²) in [6.45, 7) is 5.97. The molecule has 1 heterocycles. The molecule has 0 aliphatic rings. The number of aromatic nitrogens is 2. The Morgan fingerprint density at radius 1 is 1.20 bits per heavy atom. The zero-order valence-electron chi connectivity index (χ0n) is 12.2. The molecule has 0 spiro atoms. The molecule has 0 unspecified atom stereocenters. The molecule has 0 aliphatic heterocycles. The van der Waals surface area contributed by atoms with Gasteiger partial charge in [-0.1, -0.05) is 12.1 Å². The number of aryl methyl sites for hydroxylation is 1. The smallest absolute Gasteiger partial charge is 0.227 e. The first-order chi connectivity index (χ1) is 9.53. The van der Waals surface area contributed by atoms with Gasteiger partial charge in [-0.05, 0) is 39.3 Å². The predicted octanol–water partition coefficient (Wildman–Crippen LogP) is 0.620. The Labute approximate surface area is 120 Å². The molecule has 0 saturated carbocycles. The van der Waals surface area contributed by atoms with Crippen LogP contribution in [0.3, 0.4) is 0 Å². The first-order valence-electron chi connectivity index (χ1n) is 7.00. The molecule has 1 rings (SSSR count). The summed E-state index contributed by atoms with van der Waals surface area (Å²) in [6, 6.07) is 0.